The van der Waals surface area contributed by atoms with Crippen LogP contribution in [-0.4, -0.2) is 28.2 Å². The van der Waals surface area contributed by atoms with E-state index in [2.05, 4.69) is 4.43 Å². The first-order valence-electron chi connectivity index (χ1n) is 5.73. The number of rotatable bonds is 6. The molecule has 20 heavy (non-hydrogen) atoms. The van der Waals surface area contributed by atoms with Crippen LogP contribution in [0.25, 0.3) is 6.08 Å². The van der Waals surface area contributed by atoms with Gasteiger partial charge in [-0.2, -0.15) is 22.0 Å². The average molecular weight is 312 g/mol. The fourth-order valence-electron chi connectivity index (χ4n) is 1.26. The van der Waals surface area contributed by atoms with Gasteiger partial charge in [0.05, 0.1) is 0 Å². The van der Waals surface area contributed by atoms with Gasteiger partial charge >= 0.3 is 21.6 Å². The van der Waals surface area contributed by atoms with Crippen LogP contribution in [0.3, 0.4) is 0 Å². The van der Waals surface area contributed by atoms with E-state index in [1.165, 1.54) is 13.0 Å². The lowest BCUT2D eigenvalue weighted by Crippen LogP contribution is -2.44. The maximum atomic E-state index is 12.8. The zero-order valence-electron chi connectivity index (χ0n) is 10.5. The minimum atomic E-state index is -5.75. The van der Waals surface area contributed by atoms with E-state index in [4.69, 9.17) is 4.43 Å². The van der Waals surface area contributed by atoms with Crippen molar-refractivity contribution in [3.63, 3.8) is 0 Å². The highest BCUT2D eigenvalue weighted by molar-refractivity contribution is 6.51. The largest absolute Gasteiger partial charge is 0.481 e. The highest BCUT2D eigenvalue weighted by atomic mass is 28.3. The lowest BCUT2D eigenvalue weighted by Gasteiger charge is -2.23. The van der Waals surface area contributed by atoms with E-state index in [1.54, 1.807) is 30.3 Å². The molecule has 1 aromatic carbocycles. The minimum absolute atomic E-state index is 0.00996. The van der Waals surface area contributed by atoms with E-state index in [0.717, 1.165) is 5.70 Å². The molecule has 1 atom stereocenters. The van der Waals surface area contributed by atoms with Crippen molar-refractivity contribution in [3.05, 3.63) is 41.6 Å². The van der Waals surface area contributed by atoms with Gasteiger partial charge in [0.2, 0.25) is 0 Å². The normalized spacial score (nSPS) is 14.7. The molecule has 2 nitrogen and oxygen atoms in total. The molecule has 0 radical (unpaired) electrons. The van der Waals surface area contributed by atoms with E-state index in [1.807, 2.05) is 0 Å². The molecule has 0 heterocycles. The summed E-state index contributed by atoms with van der Waals surface area (Å²) in [6, 6.07) is 8.53. The third kappa shape index (κ3) is 5.03. The van der Waals surface area contributed by atoms with Crippen LogP contribution in [0, 0.1) is 0 Å². The fourth-order valence-corrected chi connectivity index (χ4v) is 2.65. The van der Waals surface area contributed by atoms with Crippen LogP contribution < -0.4 is 0 Å². The van der Waals surface area contributed by atoms with Gasteiger partial charge in [-0.25, -0.2) is 0 Å². The molecule has 112 valence electrons. The second-order valence-electron chi connectivity index (χ2n) is 3.73. The van der Waals surface area contributed by atoms with Gasteiger partial charge in [0, 0.05) is 6.61 Å². The van der Waals surface area contributed by atoms with Gasteiger partial charge in [0.1, 0.15) is 0 Å². The summed E-state index contributed by atoms with van der Waals surface area (Å²) in [7, 11) is -3.28. The molecule has 0 bridgehead atoms. The van der Waals surface area contributed by atoms with Gasteiger partial charge in [0.15, 0.2) is 0 Å². The molecule has 0 amide bonds. The first kappa shape index (κ1) is 16.8. The number of halogens is 5. The Balaban J connectivity index is 2.77. The van der Waals surface area contributed by atoms with Gasteiger partial charge in [-0.1, -0.05) is 36.4 Å². The summed E-state index contributed by atoms with van der Waals surface area (Å²) in [6.07, 6.45) is -9.56. The fraction of sp³-hybridized carbons (Fsp3) is 0.333. The number of hydrogen-bond acceptors (Lipinski definition) is 2. The second-order valence-corrected chi connectivity index (χ2v) is 5.42. The SMILES string of the molecule is CCO[SiH](C=Cc1ccccc1)OC(F)(F)C(F)(F)F. The summed E-state index contributed by atoms with van der Waals surface area (Å²) in [4.78, 5) is 0. The Kier molecular flexibility index (Phi) is 5.84. The third-order valence-electron chi connectivity index (χ3n) is 2.17. The molecule has 1 rings (SSSR count). The second kappa shape index (κ2) is 6.96. The smallest absolute Gasteiger partial charge is 0.394 e. The van der Waals surface area contributed by atoms with Crippen LogP contribution in [0.4, 0.5) is 22.0 Å². The van der Waals surface area contributed by atoms with Crippen LogP contribution >= 0.6 is 0 Å². The predicted molar refractivity (Wildman–Crippen MR) is 66.3 cm³/mol. The monoisotopic (exact) mass is 312 g/mol. The first-order valence-corrected chi connectivity index (χ1v) is 7.34. The highest BCUT2D eigenvalue weighted by Gasteiger charge is 2.60. The molecule has 0 saturated carbocycles. The van der Waals surface area contributed by atoms with Gasteiger partial charge in [-0.05, 0) is 18.2 Å². The molecular formula is C12H13F5O2Si. The van der Waals surface area contributed by atoms with Crippen molar-refractivity contribution < 1.29 is 30.8 Å². The molecule has 0 spiro atoms. The molecule has 0 aliphatic rings. The Hall–Kier alpha value is -1.25. The number of alkyl halides is 5. The summed E-state index contributed by atoms with van der Waals surface area (Å²) in [6.45, 7) is 1.48. The maximum absolute atomic E-state index is 12.8. The summed E-state index contributed by atoms with van der Waals surface area (Å²) < 4.78 is 70.5. The summed E-state index contributed by atoms with van der Waals surface area (Å²) in [5.41, 5.74) is 1.79. The van der Waals surface area contributed by atoms with Crippen LogP contribution in [0.2, 0.25) is 0 Å². The molecule has 0 N–H and O–H groups in total. The Morgan fingerprint density at radius 1 is 1.10 bits per heavy atom. The van der Waals surface area contributed by atoms with Gasteiger partial charge in [-0.15, -0.1) is 0 Å². The molecular weight excluding hydrogens is 299 g/mol. The van der Waals surface area contributed by atoms with Crippen molar-refractivity contribution in [1.82, 2.24) is 0 Å². The quantitative estimate of drug-likeness (QED) is 0.589. The van der Waals surface area contributed by atoms with E-state index in [-0.39, 0.29) is 6.61 Å². The van der Waals surface area contributed by atoms with E-state index < -0.39 is 21.6 Å². The minimum Gasteiger partial charge on any atom is -0.394 e. The summed E-state index contributed by atoms with van der Waals surface area (Å²) in [5.74, 6) is 0. The van der Waals surface area contributed by atoms with Crippen LogP contribution in [0.15, 0.2) is 36.0 Å². The van der Waals surface area contributed by atoms with Crippen molar-refractivity contribution in [2.24, 2.45) is 0 Å². The lowest BCUT2D eigenvalue weighted by molar-refractivity contribution is -0.365. The Morgan fingerprint density at radius 3 is 2.20 bits per heavy atom. The Bertz CT molecular complexity index is 433. The van der Waals surface area contributed by atoms with Gasteiger partial charge < -0.3 is 8.85 Å². The molecule has 0 saturated heterocycles. The van der Waals surface area contributed by atoms with Crippen LogP contribution in [-0.2, 0) is 8.85 Å². The van der Waals surface area contributed by atoms with Gasteiger partial charge in [-0.3, -0.25) is 0 Å². The Morgan fingerprint density at radius 2 is 1.70 bits per heavy atom. The standard InChI is InChI=1S/C12H13F5O2Si/c1-2-18-20(19-12(16,17)11(13,14)15)9-8-10-6-4-3-5-7-10/h3-9,20H,2H2,1H3. The van der Waals surface area contributed by atoms with Crippen molar-refractivity contribution in [1.29, 1.82) is 0 Å². The van der Waals surface area contributed by atoms with E-state index in [9.17, 15) is 22.0 Å². The Labute approximate surface area is 114 Å². The van der Waals surface area contributed by atoms with Gasteiger partial charge in [0.25, 0.3) is 0 Å². The van der Waals surface area contributed by atoms with Crippen LogP contribution in [0.1, 0.15) is 12.5 Å². The third-order valence-corrected chi connectivity index (χ3v) is 3.87. The number of benzene rings is 1. The summed E-state index contributed by atoms with van der Waals surface area (Å²) in [5, 5.41) is 0. The zero-order valence-corrected chi connectivity index (χ0v) is 11.7. The number of hydrogen-bond donors (Lipinski definition) is 0. The van der Waals surface area contributed by atoms with Crippen molar-refractivity contribution >= 4 is 15.4 Å². The average Bonchev–Trinajstić information content (AvgIpc) is 2.36. The first-order chi connectivity index (χ1) is 9.26. The summed E-state index contributed by atoms with van der Waals surface area (Å²) >= 11 is 0. The maximum Gasteiger partial charge on any atom is 0.481 e. The zero-order chi connectivity index (χ0) is 15.2. The molecule has 8 heteroatoms. The molecule has 0 aliphatic carbocycles. The molecule has 0 aliphatic heterocycles. The molecule has 1 unspecified atom stereocenters. The topological polar surface area (TPSA) is 18.5 Å². The van der Waals surface area contributed by atoms with Crippen molar-refractivity contribution in [2.45, 2.75) is 19.2 Å². The van der Waals surface area contributed by atoms with E-state index in [0.29, 0.717) is 5.56 Å². The van der Waals surface area contributed by atoms with Crippen molar-refractivity contribution in [3.8, 4) is 0 Å². The molecule has 0 fully saturated rings. The van der Waals surface area contributed by atoms with Crippen LogP contribution in [0.5, 0.6) is 0 Å². The highest BCUT2D eigenvalue weighted by Crippen LogP contribution is 2.36. The van der Waals surface area contributed by atoms with Crippen molar-refractivity contribution in [2.75, 3.05) is 6.61 Å². The molecule has 1 aromatic rings. The lowest BCUT2D eigenvalue weighted by atomic mass is 10.2. The predicted octanol–water partition coefficient (Wildman–Crippen LogP) is 3.67. The molecule has 0 aromatic heterocycles. The van der Waals surface area contributed by atoms with E-state index >= 15 is 0 Å².